The Morgan fingerprint density at radius 1 is 1.50 bits per heavy atom. The Bertz CT molecular complexity index is 435. The number of amides is 1. The number of aromatic nitrogens is 2. The smallest absolute Gasteiger partial charge is 0.274 e. The molecular formula is C10H16N6O2. The minimum Gasteiger partial charge on any atom is -0.378 e. The van der Waals surface area contributed by atoms with E-state index in [9.17, 15) is 4.79 Å². The van der Waals surface area contributed by atoms with Gasteiger partial charge in [0.2, 0.25) is 5.82 Å². The van der Waals surface area contributed by atoms with E-state index in [0.29, 0.717) is 37.8 Å². The van der Waals surface area contributed by atoms with Crippen molar-refractivity contribution in [2.75, 3.05) is 40.4 Å². The van der Waals surface area contributed by atoms with Crippen molar-refractivity contribution in [3.05, 3.63) is 12.0 Å². The summed E-state index contributed by atoms with van der Waals surface area (Å²) in [6.07, 6.45) is 1.44. The first-order chi connectivity index (χ1) is 8.68. The van der Waals surface area contributed by atoms with Crippen LogP contribution in [0.15, 0.2) is 16.7 Å². The second kappa shape index (κ2) is 5.58. The van der Waals surface area contributed by atoms with E-state index in [-0.39, 0.29) is 5.91 Å². The van der Waals surface area contributed by atoms with Gasteiger partial charge in [-0.25, -0.2) is 4.98 Å². The number of hydrogen-bond donors (Lipinski definition) is 1. The van der Waals surface area contributed by atoms with Gasteiger partial charge in [0.15, 0.2) is 5.69 Å². The first kappa shape index (κ1) is 12.5. The number of aromatic amines is 1. The monoisotopic (exact) mass is 252 g/mol. The maximum atomic E-state index is 12.2. The van der Waals surface area contributed by atoms with Crippen LogP contribution in [0.4, 0.5) is 5.82 Å². The van der Waals surface area contributed by atoms with Gasteiger partial charge in [0.1, 0.15) is 0 Å². The fraction of sp³-hybridized carbons (Fsp3) is 0.600. The summed E-state index contributed by atoms with van der Waals surface area (Å²) < 4.78 is 5.21. The molecule has 8 heteroatoms. The number of nitrogens with one attached hydrogen (secondary N) is 1. The third-order valence-electron chi connectivity index (χ3n) is 2.45. The number of ether oxygens (including phenoxy) is 1. The average molecular weight is 252 g/mol. The molecule has 0 saturated carbocycles. The van der Waals surface area contributed by atoms with E-state index >= 15 is 0 Å². The Morgan fingerprint density at radius 3 is 2.89 bits per heavy atom. The minimum atomic E-state index is -0.122. The summed E-state index contributed by atoms with van der Waals surface area (Å²) in [5.74, 6) is 0.184. The summed E-state index contributed by atoms with van der Waals surface area (Å²) in [7, 11) is 3.50. The Labute approximate surface area is 105 Å². The molecular weight excluding hydrogens is 236 g/mol. The highest BCUT2D eigenvalue weighted by molar-refractivity contribution is 5.96. The van der Waals surface area contributed by atoms with Gasteiger partial charge in [-0.3, -0.25) is 9.80 Å². The van der Waals surface area contributed by atoms with Gasteiger partial charge < -0.3 is 14.6 Å². The molecule has 0 atom stereocenters. The molecule has 1 aliphatic rings. The van der Waals surface area contributed by atoms with Crippen molar-refractivity contribution in [2.45, 2.75) is 0 Å². The normalized spacial score (nSPS) is 16.2. The number of carbonyl (C=O) groups excluding carboxylic acids is 1. The Hall–Kier alpha value is -1.96. The lowest BCUT2D eigenvalue weighted by Crippen LogP contribution is -2.40. The van der Waals surface area contributed by atoms with Crippen LogP contribution in [0.3, 0.4) is 0 Å². The van der Waals surface area contributed by atoms with Crippen LogP contribution in [0.1, 0.15) is 10.5 Å². The molecule has 1 N–H and O–H groups in total. The van der Waals surface area contributed by atoms with Gasteiger partial charge in [-0.2, -0.15) is 0 Å². The average Bonchev–Trinajstić information content (AvgIpc) is 2.85. The van der Waals surface area contributed by atoms with Crippen LogP contribution in [0.5, 0.6) is 0 Å². The zero-order valence-corrected chi connectivity index (χ0v) is 10.5. The highest BCUT2D eigenvalue weighted by Gasteiger charge is 2.22. The molecule has 2 rings (SSSR count). The number of H-pyrrole nitrogens is 1. The SMILES string of the molecule is CN(C)N=Nc1nc[nH]c1C(=O)N1CCOCC1. The Kier molecular flexibility index (Phi) is 3.88. The van der Waals surface area contributed by atoms with Crippen molar-refractivity contribution in [3.63, 3.8) is 0 Å². The molecule has 1 aliphatic heterocycles. The third kappa shape index (κ3) is 2.83. The van der Waals surface area contributed by atoms with Crippen molar-refractivity contribution in [2.24, 2.45) is 10.3 Å². The molecule has 0 bridgehead atoms. The Balaban J connectivity index is 2.12. The van der Waals surface area contributed by atoms with E-state index in [0.717, 1.165) is 0 Å². The van der Waals surface area contributed by atoms with Crippen molar-refractivity contribution >= 4 is 11.7 Å². The zero-order valence-electron chi connectivity index (χ0n) is 10.5. The minimum absolute atomic E-state index is 0.122. The van der Waals surface area contributed by atoms with Gasteiger partial charge in [0.25, 0.3) is 5.91 Å². The van der Waals surface area contributed by atoms with Crippen LogP contribution in [0, 0.1) is 0 Å². The summed E-state index contributed by atoms with van der Waals surface area (Å²) in [5.41, 5.74) is 0.363. The van der Waals surface area contributed by atoms with E-state index in [1.165, 1.54) is 11.3 Å². The molecule has 0 aliphatic carbocycles. The molecule has 18 heavy (non-hydrogen) atoms. The van der Waals surface area contributed by atoms with Crippen LogP contribution in [-0.4, -0.2) is 66.2 Å². The molecule has 0 radical (unpaired) electrons. The van der Waals surface area contributed by atoms with E-state index in [2.05, 4.69) is 20.3 Å². The van der Waals surface area contributed by atoms with E-state index in [1.807, 2.05) is 0 Å². The fourth-order valence-corrected chi connectivity index (χ4v) is 1.58. The van der Waals surface area contributed by atoms with Crippen LogP contribution < -0.4 is 0 Å². The van der Waals surface area contributed by atoms with Gasteiger partial charge in [-0.15, -0.1) is 5.11 Å². The van der Waals surface area contributed by atoms with Gasteiger partial charge in [0.05, 0.1) is 19.5 Å². The topological polar surface area (TPSA) is 86.2 Å². The molecule has 1 amide bonds. The van der Waals surface area contributed by atoms with Gasteiger partial charge >= 0.3 is 0 Å². The lowest BCUT2D eigenvalue weighted by Gasteiger charge is -2.26. The van der Waals surface area contributed by atoms with Crippen LogP contribution in [0.2, 0.25) is 0 Å². The molecule has 98 valence electrons. The molecule has 8 nitrogen and oxygen atoms in total. The van der Waals surface area contributed by atoms with Crippen LogP contribution >= 0.6 is 0 Å². The molecule has 0 unspecified atom stereocenters. The zero-order chi connectivity index (χ0) is 13.0. The van der Waals surface area contributed by atoms with Crippen LogP contribution in [0.25, 0.3) is 0 Å². The predicted octanol–water partition coefficient (Wildman–Crippen LogP) is 0.442. The number of morpholine rings is 1. The highest BCUT2D eigenvalue weighted by Crippen LogP contribution is 2.17. The molecule has 1 aromatic rings. The second-order valence-corrected chi connectivity index (χ2v) is 4.04. The fourth-order valence-electron chi connectivity index (χ4n) is 1.58. The molecule has 0 spiro atoms. The first-order valence-electron chi connectivity index (χ1n) is 5.68. The van der Waals surface area contributed by atoms with Crippen LogP contribution in [-0.2, 0) is 4.74 Å². The van der Waals surface area contributed by atoms with E-state index in [1.54, 1.807) is 19.0 Å². The molecule has 1 aromatic heterocycles. The summed E-state index contributed by atoms with van der Waals surface area (Å²) in [4.78, 5) is 20.7. The lowest BCUT2D eigenvalue weighted by molar-refractivity contribution is 0.0300. The maximum absolute atomic E-state index is 12.2. The molecule has 2 heterocycles. The number of rotatable bonds is 3. The van der Waals surface area contributed by atoms with Crippen molar-refractivity contribution in [1.82, 2.24) is 19.9 Å². The maximum Gasteiger partial charge on any atom is 0.274 e. The Morgan fingerprint density at radius 2 is 2.22 bits per heavy atom. The first-order valence-corrected chi connectivity index (χ1v) is 5.68. The molecule has 1 fully saturated rings. The third-order valence-corrected chi connectivity index (χ3v) is 2.45. The summed E-state index contributed by atoms with van der Waals surface area (Å²) in [5, 5.41) is 9.29. The summed E-state index contributed by atoms with van der Waals surface area (Å²) >= 11 is 0. The van der Waals surface area contributed by atoms with Crippen molar-refractivity contribution in [3.8, 4) is 0 Å². The number of imidazole rings is 1. The van der Waals surface area contributed by atoms with Gasteiger partial charge in [0, 0.05) is 27.2 Å². The largest absolute Gasteiger partial charge is 0.378 e. The quantitative estimate of drug-likeness (QED) is 0.624. The summed E-state index contributed by atoms with van der Waals surface area (Å²) in [6.45, 7) is 2.30. The molecule has 0 aromatic carbocycles. The van der Waals surface area contributed by atoms with Crippen molar-refractivity contribution < 1.29 is 9.53 Å². The number of hydrogen-bond acceptors (Lipinski definition) is 5. The molecule has 1 saturated heterocycles. The predicted molar refractivity (Wildman–Crippen MR) is 63.5 cm³/mol. The standard InChI is InChI=1S/C10H16N6O2/c1-15(2)14-13-9-8(11-7-12-9)10(17)16-3-5-18-6-4-16/h7H,3-6H2,1-2H3,(H,11,12). The second-order valence-electron chi connectivity index (χ2n) is 4.04. The van der Waals surface area contributed by atoms with E-state index in [4.69, 9.17) is 4.74 Å². The summed E-state index contributed by atoms with van der Waals surface area (Å²) in [6, 6.07) is 0. The highest BCUT2D eigenvalue weighted by atomic mass is 16.5. The lowest BCUT2D eigenvalue weighted by atomic mass is 10.3. The number of carbonyl (C=O) groups is 1. The van der Waals surface area contributed by atoms with E-state index < -0.39 is 0 Å². The van der Waals surface area contributed by atoms with Gasteiger partial charge in [-0.1, -0.05) is 5.22 Å². The number of nitrogens with zero attached hydrogens (tertiary/aromatic N) is 5. The van der Waals surface area contributed by atoms with Crippen molar-refractivity contribution in [1.29, 1.82) is 0 Å². The van der Waals surface area contributed by atoms with Gasteiger partial charge in [-0.05, 0) is 0 Å².